The van der Waals surface area contributed by atoms with Crippen LogP contribution >= 0.6 is 0 Å². The van der Waals surface area contributed by atoms with Gasteiger partial charge in [0, 0.05) is 11.1 Å². The van der Waals surface area contributed by atoms with Crippen LogP contribution in [0, 0.1) is 0 Å². The van der Waals surface area contributed by atoms with Crippen molar-refractivity contribution in [1.29, 1.82) is 0 Å². The second-order valence-corrected chi connectivity index (χ2v) is 6.89. The predicted octanol–water partition coefficient (Wildman–Crippen LogP) is 0.467. The highest BCUT2D eigenvalue weighted by Gasteiger charge is 2.36. The number of rotatable bonds is 1. The average Bonchev–Trinajstić information content (AvgIpc) is 2.63. The molecule has 18 heavy (non-hydrogen) atoms. The van der Waals surface area contributed by atoms with E-state index in [1.165, 1.54) is 0 Å². The Bertz CT molecular complexity index is 609. The lowest BCUT2D eigenvalue weighted by Crippen LogP contribution is -2.19. The molecule has 2 aliphatic heterocycles. The molecule has 0 bridgehead atoms. The van der Waals surface area contributed by atoms with E-state index in [0.717, 1.165) is 0 Å². The number of benzene rings is 1. The number of hydrogen-bond acceptors (Lipinski definition) is 5. The Morgan fingerprint density at radius 1 is 1.28 bits per heavy atom. The van der Waals surface area contributed by atoms with Crippen LogP contribution in [0.15, 0.2) is 11.0 Å². The quantitative estimate of drug-likeness (QED) is 0.596. The smallest absolute Gasteiger partial charge is 0.298 e. The topological polar surface area (TPSA) is 95.9 Å². The first-order chi connectivity index (χ1) is 8.47. The van der Waals surface area contributed by atoms with Crippen molar-refractivity contribution in [2.24, 2.45) is 0 Å². The maximum Gasteiger partial charge on any atom is 0.298 e. The van der Waals surface area contributed by atoms with E-state index >= 15 is 0 Å². The van der Waals surface area contributed by atoms with Crippen LogP contribution in [-0.4, -0.2) is 30.7 Å². The van der Waals surface area contributed by atoms with Gasteiger partial charge in [0.1, 0.15) is 29.6 Å². The maximum atomic E-state index is 11.5. The van der Waals surface area contributed by atoms with Gasteiger partial charge in [0.15, 0.2) is 11.5 Å². The Labute approximate surface area is 107 Å². The fraction of sp³-hybridized carbons (Fsp3) is 0.400. The first kappa shape index (κ1) is 12.1. The van der Waals surface area contributed by atoms with Gasteiger partial charge >= 0.3 is 0 Å². The first-order valence-corrected chi connectivity index (χ1v) is 8.16. The number of hydrogen-bond donors (Lipinski definition) is 1. The Morgan fingerprint density at radius 2 is 2.00 bits per heavy atom. The molecule has 0 saturated heterocycles. The van der Waals surface area contributed by atoms with Crippen molar-refractivity contribution >= 4 is 21.3 Å². The van der Waals surface area contributed by atoms with Crippen molar-refractivity contribution in [2.45, 2.75) is 16.4 Å². The van der Waals surface area contributed by atoms with Gasteiger partial charge in [0.05, 0.1) is 0 Å². The molecule has 1 atom stereocenters. The van der Waals surface area contributed by atoms with E-state index in [9.17, 15) is 17.5 Å². The van der Waals surface area contributed by atoms with Gasteiger partial charge in [0.25, 0.3) is 10.1 Å². The molecular weight excluding hydrogens is 280 g/mol. The van der Waals surface area contributed by atoms with Crippen LogP contribution in [0.5, 0.6) is 11.5 Å². The molecule has 0 saturated carbocycles. The molecule has 0 amide bonds. The van der Waals surface area contributed by atoms with Gasteiger partial charge < -0.3 is 14.0 Å². The molecular formula is C10H10O6S2. The summed E-state index contributed by atoms with van der Waals surface area (Å²) in [5.74, 6) is 0.697. The molecule has 6 nitrogen and oxygen atoms in total. The molecule has 98 valence electrons. The first-order valence-electron chi connectivity index (χ1n) is 5.23. The second kappa shape index (κ2) is 4.02. The number of fused-ring (bicyclic) bond motifs is 2. The molecule has 1 N–H and O–H groups in total. The van der Waals surface area contributed by atoms with Crippen LogP contribution in [-0.2, 0) is 32.8 Å². The SMILES string of the molecule is O=S(=O)(O)c1c2c(cc3c1OCCO3)C[S+]([O-])C2. The molecule has 0 aromatic heterocycles. The Hall–Kier alpha value is -0.960. The Kier molecular flexibility index (Phi) is 2.70. The van der Waals surface area contributed by atoms with E-state index in [1.807, 2.05) is 0 Å². The van der Waals surface area contributed by atoms with Crippen molar-refractivity contribution in [3.8, 4) is 11.5 Å². The fourth-order valence-corrected chi connectivity index (χ4v) is 4.55. The van der Waals surface area contributed by atoms with E-state index in [4.69, 9.17) is 9.47 Å². The maximum absolute atomic E-state index is 11.5. The average molecular weight is 290 g/mol. The van der Waals surface area contributed by atoms with Gasteiger partial charge in [-0.25, -0.2) is 0 Å². The third kappa shape index (κ3) is 1.85. The summed E-state index contributed by atoms with van der Waals surface area (Å²) in [5.41, 5.74) is 1.00. The molecule has 2 heterocycles. The molecule has 1 aromatic rings. The minimum absolute atomic E-state index is 0.0291. The molecule has 8 heteroatoms. The minimum Gasteiger partial charge on any atom is -0.616 e. The van der Waals surface area contributed by atoms with E-state index in [2.05, 4.69) is 0 Å². The Balaban J connectivity index is 2.30. The number of ether oxygens (including phenoxy) is 2. The highest BCUT2D eigenvalue weighted by atomic mass is 32.2. The molecule has 0 spiro atoms. The summed E-state index contributed by atoms with van der Waals surface area (Å²) in [5, 5.41) is 0. The minimum atomic E-state index is -4.43. The second-order valence-electron chi connectivity index (χ2n) is 4.07. The molecule has 0 radical (unpaired) electrons. The molecule has 2 aliphatic rings. The van der Waals surface area contributed by atoms with Crippen molar-refractivity contribution in [2.75, 3.05) is 13.2 Å². The van der Waals surface area contributed by atoms with Gasteiger partial charge in [0.2, 0.25) is 0 Å². The normalized spacial score (nSPS) is 21.8. The lowest BCUT2D eigenvalue weighted by atomic mass is 10.1. The van der Waals surface area contributed by atoms with Gasteiger partial charge in [-0.2, -0.15) is 8.42 Å². The van der Waals surface area contributed by atoms with E-state index in [0.29, 0.717) is 17.7 Å². The van der Waals surface area contributed by atoms with Crippen LogP contribution in [0.3, 0.4) is 0 Å². The van der Waals surface area contributed by atoms with E-state index in [-0.39, 0.29) is 34.5 Å². The third-order valence-electron chi connectivity index (χ3n) is 2.86. The van der Waals surface area contributed by atoms with Crippen molar-refractivity contribution < 1.29 is 27.0 Å². The highest BCUT2D eigenvalue weighted by molar-refractivity contribution is 7.90. The van der Waals surface area contributed by atoms with Crippen LogP contribution in [0.1, 0.15) is 11.1 Å². The molecule has 1 aromatic carbocycles. The third-order valence-corrected chi connectivity index (χ3v) is 5.06. The summed E-state index contributed by atoms with van der Waals surface area (Å²) in [4.78, 5) is -0.291. The zero-order valence-electron chi connectivity index (χ0n) is 9.21. The van der Waals surface area contributed by atoms with E-state index < -0.39 is 21.3 Å². The van der Waals surface area contributed by atoms with Gasteiger partial charge in [-0.05, 0) is 17.2 Å². The summed E-state index contributed by atoms with van der Waals surface area (Å²) in [6, 6.07) is 1.64. The summed E-state index contributed by atoms with van der Waals surface area (Å²) < 4.78 is 54.5. The van der Waals surface area contributed by atoms with Crippen molar-refractivity contribution in [3.63, 3.8) is 0 Å². The zero-order valence-corrected chi connectivity index (χ0v) is 10.8. The van der Waals surface area contributed by atoms with Crippen molar-refractivity contribution in [3.05, 3.63) is 17.2 Å². The van der Waals surface area contributed by atoms with Crippen LogP contribution in [0.4, 0.5) is 0 Å². The molecule has 1 unspecified atom stereocenters. The monoisotopic (exact) mass is 290 g/mol. The van der Waals surface area contributed by atoms with Crippen molar-refractivity contribution in [1.82, 2.24) is 0 Å². The molecule has 3 rings (SSSR count). The van der Waals surface area contributed by atoms with Gasteiger partial charge in [-0.3, -0.25) is 4.55 Å². The molecule has 0 aliphatic carbocycles. The lowest BCUT2D eigenvalue weighted by Gasteiger charge is -2.21. The Morgan fingerprint density at radius 3 is 2.72 bits per heavy atom. The summed E-state index contributed by atoms with van der Waals surface area (Å²) in [7, 11) is -4.43. The highest BCUT2D eigenvalue weighted by Crippen LogP contribution is 2.44. The predicted molar refractivity (Wildman–Crippen MR) is 62.8 cm³/mol. The van der Waals surface area contributed by atoms with Crippen LogP contribution in [0.2, 0.25) is 0 Å². The fourth-order valence-electron chi connectivity index (χ4n) is 2.19. The standard InChI is InChI=1S/C10H10O6S2/c11-17-4-6-3-8-9(16-2-1-15-8)10(7(6)5-17)18(12,13)14/h3H,1-2,4-5H2,(H,12,13,14). The molecule has 0 fully saturated rings. The summed E-state index contributed by atoms with van der Waals surface area (Å²) in [6.45, 7) is 0.539. The van der Waals surface area contributed by atoms with Gasteiger partial charge in [-0.15, -0.1) is 0 Å². The van der Waals surface area contributed by atoms with Crippen LogP contribution < -0.4 is 9.47 Å². The lowest BCUT2D eigenvalue weighted by molar-refractivity contribution is 0.166. The van der Waals surface area contributed by atoms with Gasteiger partial charge in [-0.1, -0.05) is 0 Å². The zero-order chi connectivity index (χ0) is 12.9. The largest absolute Gasteiger partial charge is 0.616 e. The van der Waals surface area contributed by atoms with E-state index in [1.54, 1.807) is 6.07 Å². The van der Waals surface area contributed by atoms with Crippen LogP contribution in [0.25, 0.3) is 0 Å². The summed E-state index contributed by atoms with van der Waals surface area (Å²) in [6.07, 6.45) is 0. The summed E-state index contributed by atoms with van der Waals surface area (Å²) >= 11 is -1.15.